The van der Waals surface area contributed by atoms with Crippen molar-refractivity contribution >= 4 is 23.7 Å². The predicted molar refractivity (Wildman–Crippen MR) is 89.4 cm³/mol. The summed E-state index contributed by atoms with van der Waals surface area (Å²) >= 11 is 0. The molecule has 2 heterocycles. The highest BCUT2D eigenvalue weighted by molar-refractivity contribution is 6.34. The molecule has 2 aliphatic rings. The van der Waals surface area contributed by atoms with Crippen LogP contribution in [0.3, 0.4) is 0 Å². The molecule has 2 N–H and O–H groups in total. The number of nitrogens with zero attached hydrogens (tertiary/aromatic N) is 2. The number of hydrogen-bond acceptors (Lipinski definition) is 7. The van der Waals surface area contributed by atoms with E-state index in [0.717, 1.165) is 25.7 Å². The first kappa shape index (κ1) is 20.3. The van der Waals surface area contributed by atoms with Gasteiger partial charge in [-0.05, 0) is 38.8 Å². The molecular formula is C17H26N2O7. The molecule has 146 valence electrons. The third-order valence-electron chi connectivity index (χ3n) is 4.90. The summed E-state index contributed by atoms with van der Waals surface area (Å²) in [5.41, 5.74) is -2.35. The maximum Gasteiger partial charge on any atom is 0.378 e. The summed E-state index contributed by atoms with van der Waals surface area (Å²) in [5, 5.41) is 18.8. The van der Waals surface area contributed by atoms with Gasteiger partial charge in [-0.1, -0.05) is 12.8 Å². The zero-order valence-electron chi connectivity index (χ0n) is 14.8. The van der Waals surface area contributed by atoms with Gasteiger partial charge in [-0.25, -0.2) is 9.59 Å². The monoisotopic (exact) mass is 370 g/mol. The zero-order chi connectivity index (χ0) is 19.2. The van der Waals surface area contributed by atoms with Crippen LogP contribution in [0.25, 0.3) is 0 Å². The van der Waals surface area contributed by atoms with Crippen molar-refractivity contribution in [3.05, 3.63) is 0 Å². The molecule has 2 aliphatic heterocycles. The second-order valence-electron chi connectivity index (χ2n) is 6.86. The molecule has 0 aliphatic carbocycles. The molecule has 0 bridgehead atoms. The SMILES string of the molecule is O=C(O)CC(OC(=O)C(=O)CN1CCCCC1)(C(=O)O)N1CCCCC1. The Morgan fingerprint density at radius 2 is 1.38 bits per heavy atom. The summed E-state index contributed by atoms with van der Waals surface area (Å²) in [7, 11) is 0. The van der Waals surface area contributed by atoms with Gasteiger partial charge in [0.05, 0.1) is 6.54 Å². The van der Waals surface area contributed by atoms with E-state index in [4.69, 9.17) is 9.84 Å². The Kier molecular flexibility index (Phi) is 7.10. The highest BCUT2D eigenvalue weighted by Gasteiger charge is 2.51. The maximum absolute atomic E-state index is 12.3. The van der Waals surface area contributed by atoms with Crippen molar-refractivity contribution in [2.45, 2.75) is 50.7 Å². The molecule has 2 saturated heterocycles. The first-order chi connectivity index (χ1) is 12.3. The van der Waals surface area contributed by atoms with E-state index in [1.165, 1.54) is 4.90 Å². The quantitative estimate of drug-likeness (QED) is 0.459. The van der Waals surface area contributed by atoms with Crippen molar-refractivity contribution in [1.82, 2.24) is 9.80 Å². The number of carboxylic acids is 2. The summed E-state index contributed by atoms with van der Waals surface area (Å²) in [6, 6.07) is 0. The number of Topliss-reactive ketones (excluding diaryl/α,β-unsaturated/α-hetero) is 1. The van der Waals surface area contributed by atoms with E-state index in [1.807, 2.05) is 4.90 Å². The Bertz CT molecular complexity index is 553. The number of aliphatic carboxylic acids is 2. The molecule has 9 nitrogen and oxygen atoms in total. The second kappa shape index (κ2) is 9.09. The van der Waals surface area contributed by atoms with Crippen LogP contribution < -0.4 is 0 Å². The van der Waals surface area contributed by atoms with Crippen LogP contribution >= 0.6 is 0 Å². The topological polar surface area (TPSA) is 124 Å². The molecule has 0 spiro atoms. The molecule has 26 heavy (non-hydrogen) atoms. The number of carbonyl (C=O) groups excluding carboxylic acids is 2. The van der Waals surface area contributed by atoms with Crippen LogP contribution in [0.1, 0.15) is 44.9 Å². The van der Waals surface area contributed by atoms with Crippen LogP contribution in [0.5, 0.6) is 0 Å². The van der Waals surface area contributed by atoms with Crippen LogP contribution in [-0.4, -0.2) is 82.2 Å². The lowest BCUT2D eigenvalue weighted by molar-refractivity contribution is -0.210. The van der Waals surface area contributed by atoms with E-state index in [2.05, 4.69) is 0 Å². The molecule has 1 unspecified atom stereocenters. The van der Waals surface area contributed by atoms with Crippen LogP contribution in [0.4, 0.5) is 0 Å². The first-order valence-electron chi connectivity index (χ1n) is 9.04. The Labute approximate surface area is 151 Å². The Balaban J connectivity index is 2.12. The van der Waals surface area contributed by atoms with E-state index < -0.39 is 35.8 Å². The summed E-state index contributed by atoms with van der Waals surface area (Å²) in [6.45, 7) is 1.86. The molecule has 0 aromatic heterocycles. The van der Waals surface area contributed by atoms with Crippen molar-refractivity contribution in [3.63, 3.8) is 0 Å². The van der Waals surface area contributed by atoms with Gasteiger partial charge < -0.3 is 14.9 Å². The standard InChI is InChI=1S/C17H26N2O7/c20-13(12-18-7-3-1-4-8-18)15(23)26-17(16(24)25,11-14(21)22)19-9-5-2-6-10-19/h1-12H2,(H,21,22)(H,24,25). The van der Waals surface area contributed by atoms with Crippen molar-refractivity contribution in [2.75, 3.05) is 32.7 Å². The van der Waals surface area contributed by atoms with Gasteiger partial charge in [-0.2, -0.15) is 0 Å². The summed E-state index contributed by atoms with van der Waals surface area (Å²) in [5.74, 6) is -5.11. The molecule has 0 saturated carbocycles. The maximum atomic E-state index is 12.3. The number of ketones is 1. The van der Waals surface area contributed by atoms with Gasteiger partial charge in [0.25, 0.3) is 11.5 Å². The van der Waals surface area contributed by atoms with E-state index in [9.17, 15) is 24.3 Å². The fraction of sp³-hybridized carbons (Fsp3) is 0.765. The van der Waals surface area contributed by atoms with Gasteiger partial charge in [0.2, 0.25) is 0 Å². The molecule has 0 radical (unpaired) electrons. The van der Waals surface area contributed by atoms with Crippen LogP contribution in [-0.2, 0) is 23.9 Å². The van der Waals surface area contributed by atoms with Crippen molar-refractivity contribution in [3.8, 4) is 0 Å². The van der Waals surface area contributed by atoms with Gasteiger partial charge in [-0.15, -0.1) is 0 Å². The summed E-state index contributed by atoms with van der Waals surface area (Å²) < 4.78 is 5.08. The normalized spacial score (nSPS) is 21.5. The van der Waals surface area contributed by atoms with E-state index in [1.54, 1.807) is 0 Å². The van der Waals surface area contributed by atoms with Gasteiger partial charge in [-0.3, -0.25) is 19.4 Å². The number of likely N-dealkylation sites (tertiary alicyclic amines) is 2. The Hall–Kier alpha value is -2.00. The van der Waals surface area contributed by atoms with Gasteiger partial charge >= 0.3 is 17.9 Å². The minimum atomic E-state index is -2.35. The van der Waals surface area contributed by atoms with Crippen LogP contribution in [0, 0.1) is 0 Å². The van der Waals surface area contributed by atoms with E-state index in [0.29, 0.717) is 39.0 Å². The fourth-order valence-electron chi connectivity index (χ4n) is 3.52. The first-order valence-corrected chi connectivity index (χ1v) is 9.04. The molecule has 9 heteroatoms. The molecule has 1 atom stereocenters. The lowest BCUT2D eigenvalue weighted by Gasteiger charge is -2.40. The highest BCUT2D eigenvalue weighted by atomic mass is 16.6. The fourth-order valence-corrected chi connectivity index (χ4v) is 3.52. The highest BCUT2D eigenvalue weighted by Crippen LogP contribution is 2.27. The molecule has 2 rings (SSSR count). The summed E-state index contributed by atoms with van der Waals surface area (Å²) in [6.07, 6.45) is 4.28. The number of ether oxygens (including phenoxy) is 1. The van der Waals surface area contributed by atoms with Gasteiger partial charge in [0.15, 0.2) is 0 Å². The van der Waals surface area contributed by atoms with Gasteiger partial charge in [0, 0.05) is 13.1 Å². The average molecular weight is 370 g/mol. The van der Waals surface area contributed by atoms with Gasteiger partial charge in [0.1, 0.15) is 6.42 Å². The molecule has 0 amide bonds. The third kappa shape index (κ3) is 5.01. The van der Waals surface area contributed by atoms with E-state index >= 15 is 0 Å². The van der Waals surface area contributed by atoms with Crippen molar-refractivity contribution in [2.24, 2.45) is 0 Å². The molecular weight excluding hydrogens is 344 g/mol. The number of rotatable bonds is 8. The third-order valence-corrected chi connectivity index (χ3v) is 4.90. The van der Waals surface area contributed by atoms with Crippen molar-refractivity contribution < 1.29 is 34.1 Å². The number of carbonyl (C=O) groups is 4. The van der Waals surface area contributed by atoms with Crippen LogP contribution in [0.15, 0.2) is 0 Å². The van der Waals surface area contributed by atoms with E-state index in [-0.39, 0.29) is 6.54 Å². The Morgan fingerprint density at radius 1 is 0.846 bits per heavy atom. The number of hydrogen-bond donors (Lipinski definition) is 2. The lowest BCUT2D eigenvalue weighted by Crippen LogP contribution is -2.60. The van der Waals surface area contributed by atoms with Crippen LogP contribution in [0.2, 0.25) is 0 Å². The zero-order valence-corrected chi connectivity index (χ0v) is 14.8. The van der Waals surface area contributed by atoms with Crippen molar-refractivity contribution in [1.29, 1.82) is 0 Å². The number of piperidine rings is 2. The lowest BCUT2D eigenvalue weighted by atomic mass is 10.0. The molecule has 0 aromatic rings. The molecule has 2 fully saturated rings. The predicted octanol–water partition coefficient (Wildman–Crippen LogP) is 0.326. The largest absolute Gasteiger partial charge is 0.481 e. The smallest absolute Gasteiger partial charge is 0.378 e. The minimum Gasteiger partial charge on any atom is -0.481 e. The second-order valence-corrected chi connectivity index (χ2v) is 6.86. The number of esters is 1. The minimum absolute atomic E-state index is 0.137. The summed E-state index contributed by atoms with van der Waals surface area (Å²) in [4.78, 5) is 50.8. The molecule has 0 aromatic carbocycles. The average Bonchev–Trinajstić information content (AvgIpc) is 2.62. The number of carboxylic acid groups (broad SMARTS) is 2. The Morgan fingerprint density at radius 3 is 1.88 bits per heavy atom.